The fourth-order valence-corrected chi connectivity index (χ4v) is 3.53. The van der Waals surface area contributed by atoms with E-state index < -0.39 is 72.9 Å². The van der Waals surface area contributed by atoms with Crippen molar-refractivity contribution in [1.82, 2.24) is 0 Å². The van der Waals surface area contributed by atoms with Gasteiger partial charge in [-0.15, -0.1) is 0 Å². The largest absolute Gasteiger partial charge is 0.394 e. The molecule has 11 atom stereocenters. The summed E-state index contributed by atoms with van der Waals surface area (Å²) in [6, 6.07) is 0. The minimum Gasteiger partial charge on any atom is -0.394 e. The zero-order valence-corrected chi connectivity index (χ0v) is 13.0. The number of ether oxygens (including phenoxy) is 1. The molecular formula is C14H26O9. The highest BCUT2D eigenvalue weighted by Gasteiger charge is 2.64. The van der Waals surface area contributed by atoms with E-state index in [2.05, 4.69) is 0 Å². The first kappa shape index (κ1) is 19.0. The van der Waals surface area contributed by atoms with E-state index in [9.17, 15) is 40.9 Å². The summed E-state index contributed by atoms with van der Waals surface area (Å²) in [5, 5.41) is 80.8. The molecule has 1 saturated carbocycles. The van der Waals surface area contributed by atoms with Crippen LogP contribution in [0.4, 0.5) is 0 Å². The Bertz CT molecular complexity index is 401. The van der Waals surface area contributed by atoms with Gasteiger partial charge in [0.2, 0.25) is 0 Å². The van der Waals surface area contributed by atoms with Crippen LogP contribution in [-0.4, -0.2) is 102 Å². The van der Waals surface area contributed by atoms with Gasteiger partial charge in [0.15, 0.2) is 0 Å². The predicted molar refractivity (Wildman–Crippen MR) is 75.1 cm³/mol. The Hall–Kier alpha value is -0.360. The average Bonchev–Trinajstić information content (AvgIpc) is 2.54. The van der Waals surface area contributed by atoms with E-state index in [1.54, 1.807) is 0 Å². The number of rotatable bonds is 2. The second-order valence-corrected chi connectivity index (χ2v) is 6.74. The quantitative estimate of drug-likeness (QED) is 0.249. The lowest BCUT2D eigenvalue weighted by molar-refractivity contribution is -0.328. The zero-order valence-electron chi connectivity index (χ0n) is 13.0. The molecule has 0 aromatic heterocycles. The summed E-state index contributed by atoms with van der Waals surface area (Å²) >= 11 is 0. The molecule has 2 unspecified atom stereocenters. The normalized spacial score (nSPS) is 58.2. The molecule has 2 fully saturated rings. The van der Waals surface area contributed by atoms with Crippen molar-refractivity contribution in [3.05, 3.63) is 0 Å². The van der Waals surface area contributed by atoms with Crippen molar-refractivity contribution in [3.8, 4) is 0 Å². The molecule has 9 heteroatoms. The van der Waals surface area contributed by atoms with Crippen molar-refractivity contribution < 1.29 is 45.6 Å². The van der Waals surface area contributed by atoms with Gasteiger partial charge >= 0.3 is 0 Å². The van der Waals surface area contributed by atoms with Crippen molar-refractivity contribution in [3.63, 3.8) is 0 Å². The Morgan fingerprint density at radius 1 is 0.783 bits per heavy atom. The van der Waals surface area contributed by atoms with Crippen molar-refractivity contribution >= 4 is 0 Å². The molecule has 1 aliphatic heterocycles. The van der Waals surface area contributed by atoms with Crippen LogP contribution < -0.4 is 0 Å². The van der Waals surface area contributed by atoms with Crippen LogP contribution in [-0.2, 0) is 4.74 Å². The van der Waals surface area contributed by atoms with Crippen LogP contribution in [0.15, 0.2) is 0 Å². The molecule has 136 valence electrons. The SMILES string of the molecule is CC1[C@@H](O)[C@H](O)C(O)([C@H]2O[C@H](CO)[C@H](O)[C@H](C)[C@H]2O)[C@@H](O)[C@H]1O. The Kier molecular flexibility index (Phi) is 5.37. The van der Waals surface area contributed by atoms with E-state index in [1.165, 1.54) is 13.8 Å². The molecule has 2 aliphatic rings. The highest BCUT2D eigenvalue weighted by molar-refractivity contribution is 5.14. The summed E-state index contributed by atoms with van der Waals surface area (Å²) in [7, 11) is 0. The van der Waals surface area contributed by atoms with Gasteiger partial charge in [0.05, 0.1) is 31.0 Å². The first-order valence-electron chi connectivity index (χ1n) is 7.66. The smallest absolute Gasteiger partial charge is 0.150 e. The third-order valence-corrected chi connectivity index (χ3v) is 5.40. The topological polar surface area (TPSA) is 171 Å². The highest BCUT2D eigenvalue weighted by atomic mass is 16.6. The summed E-state index contributed by atoms with van der Waals surface area (Å²) in [4.78, 5) is 0. The van der Waals surface area contributed by atoms with Crippen LogP contribution in [0.1, 0.15) is 13.8 Å². The Morgan fingerprint density at radius 3 is 1.65 bits per heavy atom. The number of hydrogen-bond acceptors (Lipinski definition) is 9. The van der Waals surface area contributed by atoms with Crippen LogP contribution in [0.2, 0.25) is 0 Å². The second-order valence-electron chi connectivity index (χ2n) is 6.74. The van der Waals surface area contributed by atoms with Gasteiger partial charge in [-0.05, 0) is 0 Å². The number of aliphatic hydroxyl groups excluding tert-OH is 7. The van der Waals surface area contributed by atoms with Gasteiger partial charge in [-0.2, -0.15) is 0 Å². The van der Waals surface area contributed by atoms with Crippen LogP contribution in [0.3, 0.4) is 0 Å². The molecule has 1 heterocycles. The molecule has 1 saturated heterocycles. The molecule has 2 rings (SSSR count). The monoisotopic (exact) mass is 338 g/mol. The molecule has 9 nitrogen and oxygen atoms in total. The van der Waals surface area contributed by atoms with Crippen molar-refractivity contribution in [1.29, 1.82) is 0 Å². The maximum atomic E-state index is 10.8. The van der Waals surface area contributed by atoms with E-state index in [-0.39, 0.29) is 0 Å². The van der Waals surface area contributed by atoms with Gasteiger partial charge in [-0.1, -0.05) is 13.8 Å². The predicted octanol–water partition coefficient (Wildman–Crippen LogP) is -4.07. The van der Waals surface area contributed by atoms with E-state index >= 15 is 0 Å². The first-order valence-corrected chi connectivity index (χ1v) is 7.66. The van der Waals surface area contributed by atoms with Gasteiger partial charge in [-0.25, -0.2) is 0 Å². The summed E-state index contributed by atoms with van der Waals surface area (Å²) in [5.74, 6) is -1.76. The van der Waals surface area contributed by atoms with Gasteiger partial charge in [0.25, 0.3) is 0 Å². The third kappa shape index (κ3) is 2.70. The van der Waals surface area contributed by atoms with Gasteiger partial charge < -0.3 is 45.6 Å². The zero-order chi connectivity index (χ0) is 17.7. The standard InChI is InChI=1S/C14H26O9/c1-4-7(16)6(3-15)23-13(10(4)19)14(22)11(20)8(17)5(2)9(18)12(14)21/h4-13,15-22H,3H2,1-2H3/t4-,5?,6+,7+,8-,9+,10+,11-,12-,13-,14?/m0/s1. The van der Waals surface area contributed by atoms with Crippen molar-refractivity contribution in [2.45, 2.75) is 68.3 Å². The molecule has 0 spiro atoms. The average molecular weight is 338 g/mol. The van der Waals surface area contributed by atoms with Crippen molar-refractivity contribution in [2.75, 3.05) is 6.61 Å². The van der Waals surface area contributed by atoms with E-state index in [4.69, 9.17) is 4.74 Å². The number of aliphatic hydroxyl groups is 8. The van der Waals surface area contributed by atoms with E-state index in [0.29, 0.717) is 0 Å². The minimum atomic E-state index is -2.58. The lowest BCUT2D eigenvalue weighted by Crippen LogP contribution is -2.77. The maximum Gasteiger partial charge on any atom is 0.150 e. The first-order chi connectivity index (χ1) is 10.6. The summed E-state index contributed by atoms with van der Waals surface area (Å²) in [6.45, 7) is 2.23. The Balaban J connectivity index is 2.40. The molecular weight excluding hydrogens is 312 g/mol. The second kappa shape index (κ2) is 6.51. The van der Waals surface area contributed by atoms with Crippen LogP contribution in [0.25, 0.3) is 0 Å². The molecule has 0 bridgehead atoms. The van der Waals surface area contributed by atoms with Crippen LogP contribution >= 0.6 is 0 Å². The van der Waals surface area contributed by atoms with E-state index in [0.717, 1.165) is 0 Å². The summed E-state index contributed by atoms with van der Waals surface area (Å²) < 4.78 is 5.30. The van der Waals surface area contributed by atoms with E-state index in [1.807, 2.05) is 0 Å². The molecule has 0 amide bonds. The summed E-state index contributed by atoms with van der Waals surface area (Å²) in [5.41, 5.74) is -2.58. The molecule has 0 aromatic carbocycles. The van der Waals surface area contributed by atoms with Crippen molar-refractivity contribution in [2.24, 2.45) is 11.8 Å². The van der Waals surface area contributed by atoms with Gasteiger partial charge in [-0.3, -0.25) is 0 Å². The highest BCUT2D eigenvalue weighted by Crippen LogP contribution is 2.41. The number of hydrogen-bond donors (Lipinski definition) is 8. The maximum absolute atomic E-state index is 10.8. The van der Waals surface area contributed by atoms with Crippen LogP contribution in [0.5, 0.6) is 0 Å². The molecule has 1 aliphatic carbocycles. The molecule has 23 heavy (non-hydrogen) atoms. The third-order valence-electron chi connectivity index (χ3n) is 5.40. The lowest BCUT2D eigenvalue weighted by atomic mass is 9.66. The lowest BCUT2D eigenvalue weighted by Gasteiger charge is -2.55. The fraction of sp³-hybridized carbons (Fsp3) is 1.00. The summed E-state index contributed by atoms with van der Waals surface area (Å²) in [6.07, 6.45) is -12.4. The molecule has 0 aromatic rings. The van der Waals surface area contributed by atoms with Gasteiger partial charge in [0.1, 0.15) is 30.0 Å². The fourth-order valence-electron chi connectivity index (χ4n) is 3.53. The Morgan fingerprint density at radius 2 is 1.22 bits per heavy atom. The molecule has 0 radical (unpaired) electrons. The Labute approximate surface area is 133 Å². The van der Waals surface area contributed by atoms with Gasteiger partial charge in [0, 0.05) is 11.8 Å². The molecule has 8 N–H and O–H groups in total. The van der Waals surface area contributed by atoms with Crippen LogP contribution in [0, 0.1) is 11.8 Å². The minimum absolute atomic E-state index is 0.613.